The molecule has 0 spiro atoms. The molecule has 1 aromatic heterocycles. The van der Waals surface area contributed by atoms with E-state index in [4.69, 9.17) is 16.6 Å². The van der Waals surface area contributed by atoms with E-state index in [-0.39, 0.29) is 12.3 Å². The predicted molar refractivity (Wildman–Crippen MR) is 115 cm³/mol. The predicted octanol–water partition coefficient (Wildman–Crippen LogP) is 4.22. The Labute approximate surface area is 180 Å². The molecule has 1 saturated heterocycles. The van der Waals surface area contributed by atoms with Crippen molar-refractivity contribution in [3.63, 3.8) is 0 Å². The number of unbranched alkanes of at least 4 members (excludes halogenated alkanes) is 2. The second kappa shape index (κ2) is 9.54. The van der Waals surface area contributed by atoms with Gasteiger partial charge in [-0.25, -0.2) is 0 Å². The topological polar surface area (TPSA) is 73.6 Å². The Morgan fingerprint density at radius 2 is 1.93 bits per heavy atom. The van der Waals surface area contributed by atoms with Gasteiger partial charge in [-0.3, -0.25) is 9.69 Å². The molecule has 0 N–H and O–H groups in total. The number of furan rings is 1. The van der Waals surface area contributed by atoms with Crippen molar-refractivity contribution in [2.24, 2.45) is 0 Å². The van der Waals surface area contributed by atoms with Gasteiger partial charge in [-0.2, -0.15) is 0 Å². The lowest BCUT2D eigenvalue weighted by Crippen LogP contribution is -2.29. The SMILES string of the molecule is O=C([O-])CCCCCN1C(=O)C(=Cc2ccc(-c3ccc(Br)cc3)o2)SC1=S. The van der Waals surface area contributed by atoms with Crippen LogP contribution in [0, 0.1) is 0 Å². The number of carboxylic acid groups (broad SMARTS) is 1. The Hall–Kier alpha value is -1.90. The maximum absolute atomic E-state index is 12.6. The average Bonchev–Trinajstić information content (AvgIpc) is 3.22. The van der Waals surface area contributed by atoms with Crippen LogP contribution in [0.2, 0.25) is 0 Å². The lowest BCUT2D eigenvalue weighted by Gasteiger charge is -2.14. The number of hydrogen-bond acceptors (Lipinski definition) is 6. The standard InChI is InChI=1S/C20H18BrNO4S2/c21-14-7-5-13(6-8-14)16-10-9-15(26-16)12-17-19(25)22(20(27)28-17)11-3-1-2-4-18(23)24/h5-10,12H,1-4,11H2,(H,23,24)/p-1. The zero-order valence-electron chi connectivity index (χ0n) is 14.9. The Kier molecular flexibility index (Phi) is 7.09. The van der Waals surface area contributed by atoms with Gasteiger partial charge in [0.15, 0.2) is 0 Å². The number of carboxylic acids is 1. The largest absolute Gasteiger partial charge is 0.550 e. The second-order valence-electron chi connectivity index (χ2n) is 6.22. The maximum Gasteiger partial charge on any atom is 0.266 e. The Morgan fingerprint density at radius 3 is 2.64 bits per heavy atom. The molecule has 0 saturated carbocycles. The normalized spacial score (nSPS) is 15.6. The summed E-state index contributed by atoms with van der Waals surface area (Å²) in [6, 6.07) is 11.5. The molecule has 1 aromatic carbocycles. The first-order valence-electron chi connectivity index (χ1n) is 8.75. The fraction of sp³-hybridized carbons (Fsp3) is 0.250. The van der Waals surface area contributed by atoms with Gasteiger partial charge in [-0.1, -0.05) is 58.5 Å². The number of rotatable bonds is 8. The number of carbonyl (C=O) groups is 2. The van der Waals surface area contributed by atoms with Gasteiger partial charge in [0.05, 0.1) is 4.91 Å². The highest BCUT2D eigenvalue weighted by molar-refractivity contribution is 9.10. The summed E-state index contributed by atoms with van der Waals surface area (Å²) in [5.74, 6) is 0.125. The molecule has 0 bridgehead atoms. The maximum atomic E-state index is 12.6. The van der Waals surface area contributed by atoms with Gasteiger partial charge in [0, 0.05) is 28.6 Å². The van der Waals surface area contributed by atoms with E-state index in [1.807, 2.05) is 36.4 Å². The molecule has 146 valence electrons. The van der Waals surface area contributed by atoms with E-state index in [2.05, 4.69) is 15.9 Å². The average molecular weight is 479 g/mol. The summed E-state index contributed by atoms with van der Waals surface area (Å²) in [6.45, 7) is 0.483. The first-order chi connectivity index (χ1) is 13.4. The summed E-state index contributed by atoms with van der Waals surface area (Å²) in [4.78, 5) is 25.1. The molecule has 1 aliphatic rings. The zero-order chi connectivity index (χ0) is 20.1. The van der Waals surface area contributed by atoms with Crippen LogP contribution >= 0.6 is 39.9 Å². The van der Waals surface area contributed by atoms with Crippen LogP contribution in [-0.4, -0.2) is 27.6 Å². The quantitative estimate of drug-likeness (QED) is 0.321. The molecule has 0 aliphatic carbocycles. The third-order valence-electron chi connectivity index (χ3n) is 4.17. The summed E-state index contributed by atoms with van der Waals surface area (Å²) in [6.07, 6.45) is 3.69. The lowest BCUT2D eigenvalue weighted by molar-refractivity contribution is -0.305. The first kappa shape index (κ1) is 20.8. The van der Waals surface area contributed by atoms with Crippen LogP contribution in [0.25, 0.3) is 17.4 Å². The molecule has 28 heavy (non-hydrogen) atoms. The third kappa shape index (κ3) is 5.33. The molecule has 1 amide bonds. The number of carbonyl (C=O) groups excluding carboxylic acids is 2. The highest BCUT2D eigenvalue weighted by Gasteiger charge is 2.31. The van der Waals surface area contributed by atoms with Crippen molar-refractivity contribution >= 4 is 62.2 Å². The van der Waals surface area contributed by atoms with E-state index in [0.717, 1.165) is 15.8 Å². The van der Waals surface area contributed by atoms with Gasteiger partial charge in [0.1, 0.15) is 15.8 Å². The minimum Gasteiger partial charge on any atom is -0.550 e. The van der Waals surface area contributed by atoms with Crippen LogP contribution in [0.1, 0.15) is 31.4 Å². The van der Waals surface area contributed by atoms with Crippen molar-refractivity contribution in [2.75, 3.05) is 6.54 Å². The van der Waals surface area contributed by atoms with E-state index in [9.17, 15) is 14.7 Å². The van der Waals surface area contributed by atoms with Gasteiger partial charge in [-0.05, 0) is 43.5 Å². The number of nitrogens with zero attached hydrogens (tertiary/aromatic N) is 1. The highest BCUT2D eigenvalue weighted by atomic mass is 79.9. The van der Waals surface area contributed by atoms with Crippen molar-refractivity contribution in [2.45, 2.75) is 25.7 Å². The Bertz CT molecular complexity index is 921. The van der Waals surface area contributed by atoms with Crippen molar-refractivity contribution in [3.8, 4) is 11.3 Å². The third-order valence-corrected chi connectivity index (χ3v) is 6.07. The minimum atomic E-state index is -1.05. The van der Waals surface area contributed by atoms with Crippen molar-refractivity contribution < 1.29 is 19.1 Å². The molecule has 0 unspecified atom stereocenters. The van der Waals surface area contributed by atoms with E-state index < -0.39 is 5.97 Å². The molecular formula is C20H17BrNO4S2-. The van der Waals surface area contributed by atoms with Crippen LogP contribution in [0.5, 0.6) is 0 Å². The van der Waals surface area contributed by atoms with E-state index in [1.165, 1.54) is 11.8 Å². The van der Waals surface area contributed by atoms with Crippen molar-refractivity contribution in [3.05, 3.63) is 51.5 Å². The molecule has 8 heteroatoms. The second-order valence-corrected chi connectivity index (χ2v) is 8.82. The molecule has 1 aliphatic heterocycles. The van der Waals surface area contributed by atoms with E-state index in [0.29, 0.717) is 40.8 Å². The zero-order valence-corrected chi connectivity index (χ0v) is 18.1. The Balaban J connectivity index is 1.62. The fourth-order valence-electron chi connectivity index (χ4n) is 2.74. The number of aliphatic carboxylic acids is 1. The van der Waals surface area contributed by atoms with Gasteiger partial charge < -0.3 is 14.3 Å². The molecular weight excluding hydrogens is 462 g/mol. The van der Waals surface area contributed by atoms with Crippen molar-refractivity contribution in [1.82, 2.24) is 4.90 Å². The molecule has 2 heterocycles. The molecule has 0 radical (unpaired) electrons. The van der Waals surface area contributed by atoms with Crippen LogP contribution < -0.4 is 5.11 Å². The van der Waals surface area contributed by atoms with Gasteiger partial charge in [-0.15, -0.1) is 0 Å². The summed E-state index contributed by atoms with van der Waals surface area (Å²) in [7, 11) is 0. The van der Waals surface area contributed by atoms with Gasteiger partial charge in [0.25, 0.3) is 5.91 Å². The summed E-state index contributed by atoms with van der Waals surface area (Å²) in [5.41, 5.74) is 0.951. The number of thioether (sulfide) groups is 1. The monoisotopic (exact) mass is 478 g/mol. The number of thiocarbonyl (C=S) groups is 1. The fourth-order valence-corrected chi connectivity index (χ4v) is 4.29. The van der Waals surface area contributed by atoms with E-state index in [1.54, 1.807) is 11.0 Å². The molecule has 0 atom stereocenters. The Morgan fingerprint density at radius 1 is 1.18 bits per heavy atom. The summed E-state index contributed by atoms with van der Waals surface area (Å²) >= 11 is 9.97. The smallest absolute Gasteiger partial charge is 0.266 e. The van der Waals surface area contributed by atoms with Crippen LogP contribution in [-0.2, 0) is 9.59 Å². The highest BCUT2D eigenvalue weighted by Crippen LogP contribution is 2.34. The first-order valence-corrected chi connectivity index (χ1v) is 10.8. The van der Waals surface area contributed by atoms with Crippen LogP contribution in [0.15, 0.2) is 50.2 Å². The number of benzene rings is 1. The van der Waals surface area contributed by atoms with Crippen LogP contribution in [0.4, 0.5) is 0 Å². The molecule has 5 nitrogen and oxygen atoms in total. The van der Waals surface area contributed by atoms with Crippen molar-refractivity contribution in [1.29, 1.82) is 0 Å². The molecule has 1 fully saturated rings. The van der Waals surface area contributed by atoms with Crippen LogP contribution in [0.3, 0.4) is 0 Å². The van der Waals surface area contributed by atoms with Gasteiger partial charge in [0.2, 0.25) is 0 Å². The lowest BCUT2D eigenvalue weighted by atomic mass is 10.2. The number of hydrogen-bond donors (Lipinski definition) is 0. The summed E-state index contributed by atoms with van der Waals surface area (Å²) in [5, 5.41) is 10.4. The number of amides is 1. The number of halogens is 1. The van der Waals surface area contributed by atoms with E-state index >= 15 is 0 Å². The molecule has 3 rings (SSSR count). The summed E-state index contributed by atoms with van der Waals surface area (Å²) < 4.78 is 7.35. The minimum absolute atomic E-state index is 0.0392. The molecule has 2 aromatic rings. The van der Waals surface area contributed by atoms with Gasteiger partial charge >= 0.3 is 0 Å².